The zero-order valence-electron chi connectivity index (χ0n) is 16.9. The first-order valence-electron chi connectivity index (χ1n) is 9.82. The number of benzene rings is 3. The first-order chi connectivity index (χ1) is 15.0. The SMILES string of the molecule is CCCCOC(=O)c1ccc(C(=O)Oc2ccc(-c3ccc([N+](=O)[O-])cc3)cc2)cc1. The van der Waals surface area contributed by atoms with Gasteiger partial charge in [-0.25, -0.2) is 9.59 Å². The van der Waals surface area contributed by atoms with E-state index in [1.807, 2.05) is 6.92 Å². The van der Waals surface area contributed by atoms with Crippen molar-refractivity contribution < 1.29 is 24.0 Å². The molecule has 0 spiro atoms. The lowest BCUT2D eigenvalue weighted by Crippen LogP contribution is -2.10. The van der Waals surface area contributed by atoms with Gasteiger partial charge in [-0.3, -0.25) is 10.1 Å². The van der Waals surface area contributed by atoms with E-state index in [2.05, 4.69) is 0 Å². The van der Waals surface area contributed by atoms with Crippen LogP contribution < -0.4 is 4.74 Å². The van der Waals surface area contributed by atoms with Crippen LogP contribution in [0.15, 0.2) is 72.8 Å². The minimum atomic E-state index is -0.547. The van der Waals surface area contributed by atoms with Crippen molar-refractivity contribution in [3.8, 4) is 16.9 Å². The lowest BCUT2D eigenvalue weighted by Gasteiger charge is -2.07. The van der Waals surface area contributed by atoms with Crippen LogP contribution in [0, 0.1) is 10.1 Å². The number of ether oxygens (including phenoxy) is 2. The molecule has 0 heterocycles. The van der Waals surface area contributed by atoms with Gasteiger partial charge >= 0.3 is 11.9 Å². The first kappa shape index (κ1) is 21.7. The van der Waals surface area contributed by atoms with Gasteiger partial charge in [-0.2, -0.15) is 0 Å². The van der Waals surface area contributed by atoms with E-state index in [1.54, 1.807) is 36.4 Å². The van der Waals surface area contributed by atoms with Gasteiger partial charge in [0.1, 0.15) is 5.75 Å². The van der Waals surface area contributed by atoms with E-state index in [4.69, 9.17) is 9.47 Å². The minimum Gasteiger partial charge on any atom is -0.462 e. The van der Waals surface area contributed by atoms with Gasteiger partial charge in [0.05, 0.1) is 22.7 Å². The van der Waals surface area contributed by atoms with E-state index in [-0.39, 0.29) is 5.69 Å². The van der Waals surface area contributed by atoms with E-state index < -0.39 is 16.9 Å². The Bertz CT molecular complexity index is 1060. The second-order valence-electron chi connectivity index (χ2n) is 6.78. The Morgan fingerprint density at radius 1 is 0.806 bits per heavy atom. The van der Waals surface area contributed by atoms with Gasteiger partial charge in [0, 0.05) is 12.1 Å². The number of nitrogens with zero attached hydrogens (tertiary/aromatic N) is 1. The fourth-order valence-electron chi connectivity index (χ4n) is 2.79. The summed E-state index contributed by atoms with van der Waals surface area (Å²) >= 11 is 0. The summed E-state index contributed by atoms with van der Waals surface area (Å²) < 4.78 is 10.5. The second-order valence-corrected chi connectivity index (χ2v) is 6.78. The zero-order valence-corrected chi connectivity index (χ0v) is 16.9. The highest BCUT2D eigenvalue weighted by Gasteiger charge is 2.12. The maximum absolute atomic E-state index is 12.4. The summed E-state index contributed by atoms with van der Waals surface area (Å²) in [6, 6.07) is 19.1. The first-order valence-corrected chi connectivity index (χ1v) is 9.82. The standard InChI is InChI=1S/C24H21NO6/c1-2-3-16-30-23(26)19-4-6-20(7-5-19)24(27)31-22-14-10-18(11-15-22)17-8-12-21(13-9-17)25(28)29/h4-15H,2-3,16H2,1H3. The van der Waals surface area contributed by atoms with Gasteiger partial charge in [-0.05, 0) is 66.1 Å². The molecule has 0 radical (unpaired) electrons. The average Bonchev–Trinajstić information content (AvgIpc) is 2.80. The van der Waals surface area contributed by atoms with Crippen molar-refractivity contribution in [1.29, 1.82) is 0 Å². The summed E-state index contributed by atoms with van der Waals surface area (Å²) in [5, 5.41) is 10.8. The van der Waals surface area contributed by atoms with Crippen LogP contribution in [0.3, 0.4) is 0 Å². The van der Waals surface area contributed by atoms with Gasteiger partial charge in [0.15, 0.2) is 0 Å². The van der Waals surface area contributed by atoms with Gasteiger partial charge in [-0.15, -0.1) is 0 Å². The van der Waals surface area contributed by atoms with E-state index >= 15 is 0 Å². The van der Waals surface area contributed by atoms with Crippen molar-refractivity contribution in [3.05, 3.63) is 94.0 Å². The fourth-order valence-corrected chi connectivity index (χ4v) is 2.79. The molecular formula is C24H21NO6. The molecule has 0 aliphatic carbocycles. The van der Waals surface area contributed by atoms with Crippen LogP contribution in [0.5, 0.6) is 5.75 Å². The van der Waals surface area contributed by atoms with E-state index in [0.29, 0.717) is 23.5 Å². The van der Waals surface area contributed by atoms with Crippen LogP contribution in [0.2, 0.25) is 0 Å². The Morgan fingerprint density at radius 3 is 1.84 bits per heavy atom. The molecular weight excluding hydrogens is 398 g/mol. The quantitative estimate of drug-likeness (QED) is 0.159. The number of unbranched alkanes of at least 4 members (excludes halogenated alkanes) is 1. The number of non-ortho nitro benzene ring substituents is 1. The highest BCUT2D eigenvalue weighted by atomic mass is 16.6. The molecule has 158 valence electrons. The smallest absolute Gasteiger partial charge is 0.343 e. The highest BCUT2D eigenvalue weighted by molar-refractivity contribution is 5.94. The van der Waals surface area contributed by atoms with Crippen LogP contribution in [-0.4, -0.2) is 23.5 Å². The fraction of sp³-hybridized carbons (Fsp3) is 0.167. The molecule has 7 heteroatoms. The molecule has 0 unspecified atom stereocenters. The Morgan fingerprint density at radius 2 is 1.32 bits per heavy atom. The lowest BCUT2D eigenvalue weighted by atomic mass is 10.1. The summed E-state index contributed by atoms with van der Waals surface area (Å²) in [6.07, 6.45) is 1.74. The van der Waals surface area contributed by atoms with E-state index in [0.717, 1.165) is 24.0 Å². The number of hydrogen-bond donors (Lipinski definition) is 0. The van der Waals surface area contributed by atoms with Crippen LogP contribution in [0.4, 0.5) is 5.69 Å². The molecule has 0 fully saturated rings. The molecule has 0 amide bonds. The van der Waals surface area contributed by atoms with Gasteiger partial charge in [0.25, 0.3) is 5.69 Å². The van der Waals surface area contributed by atoms with Gasteiger partial charge in [-0.1, -0.05) is 25.5 Å². The number of nitro benzene ring substituents is 1. The molecule has 0 aromatic heterocycles. The van der Waals surface area contributed by atoms with Crippen molar-refractivity contribution in [1.82, 2.24) is 0 Å². The molecule has 7 nitrogen and oxygen atoms in total. The molecule has 0 aliphatic heterocycles. The van der Waals surface area contributed by atoms with Crippen molar-refractivity contribution in [2.75, 3.05) is 6.61 Å². The average molecular weight is 419 g/mol. The van der Waals surface area contributed by atoms with Crippen molar-refractivity contribution >= 4 is 17.6 Å². The predicted octanol–water partition coefficient (Wildman–Crippen LogP) is 5.44. The van der Waals surface area contributed by atoms with Crippen LogP contribution in [0.25, 0.3) is 11.1 Å². The molecule has 0 saturated heterocycles. The summed E-state index contributed by atoms with van der Waals surface area (Å²) in [6.45, 7) is 2.38. The van der Waals surface area contributed by atoms with Crippen molar-refractivity contribution in [2.45, 2.75) is 19.8 Å². The number of nitro groups is 1. The third-order valence-electron chi connectivity index (χ3n) is 4.56. The summed E-state index contributed by atoms with van der Waals surface area (Å²) in [5.41, 5.74) is 2.35. The lowest BCUT2D eigenvalue weighted by molar-refractivity contribution is -0.384. The number of hydrogen-bond acceptors (Lipinski definition) is 6. The normalized spacial score (nSPS) is 10.4. The zero-order chi connectivity index (χ0) is 22.2. The highest BCUT2D eigenvalue weighted by Crippen LogP contribution is 2.25. The number of esters is 2. The molecule has 0 saturated carbocycles. The number of carbonyl (C=O) groups is 2. The second kappa shape index (κ2) is 10.2. The Balaban J connectivity index is 1.61. The molecule has 0 atom stereocenters. The molecule has 3 rings (SSSR count). The molecule has 0 N–H and O–H groups in total. The van der Waals surface area contributed by atoms with Crippen LogP contribution >= 0.6 is 0 Å². The van der Waals surface area contributed by atoms with Gasteiger partial charge in [0.2, 0.25) is 0 Å². The van der Waals surface area contributed by atoms with Crippen LogP contribution in [-0.2, 0) is 4.74 Å². The third kappa shape index (κ3) is 5.76. The van der Waals surface area contributed by atoms with E-state index in [1.165, 1.54) is 36.4 Å². The third-order valence-corrected chi connectivity index (χ3v) is 4.56. The Labute approximate surface area is 179 Å². The molecule has 3 aromatic carbocycles. The number of rotatable bonds is 8. The minimum absolute atomic E-state index is 0.0227. The molecule has 0 aliphatic rings. The van der Waals surface area contributed by atoms with Gasteiger partial charge < -0.3 is 9.47 Å². The maximum atomic E-state index is 12.4. The summed E-state index contributed by atoms with van der Waals surface area (Å²) in [4.78, 5) is 34.6. The molecule has 0 bridgehead atoms. The van der Waals surface area contributed by atoms with Crippen molar-refractivity contribution in [2.24, 2.45) is 0 Å². The largest absolute Gasteiger partial charge is 0.462 e. The Hall–Kier alpha value is -4.00. The Kier molecular flexibility index (Phi) is 7.11. The summed E-state index contributed by atoms with van der Waals surface area (Å²) in [7, 11) is 0. The van der Waals surface area contributed by atoms with E-state index in [9.17, 15) is 19.7 Å². The van der Waals surface area contributed by atoms with Crippen molar-refractivity contribution in [3.63, 3.8) is 0 Å². The topological polar surface area (TPSA) is 95.7 Å². The monoisotopic (exact) mass is 419 g/mol. The number of carbonyl (C=O) groups excluding carboxylic acids is 2. The predicted molar refractivity (Wildman–Crippen MR) is 115 cm³/mol. The molecule has 3 aromatic rings. The molecule has 31 heavy (non-hydrogen) atoms. The summed E-state index contributed by atoms with van der Waals surface area (Å²) in [5.74, 6) is -0.608. The van der Waals surface area contributed by atoms with Crippen LogP contribution in [0.1, 0.15) is 40.5 Å². The maximum Gasteiger partial charge on any atom is 0.343 e.